The number of hydrogen-bond acceptors (Lipinski definition) is 7. The predicted octanol–water partition coefficient (Wildman–Crippen LogP) is 5.93. The van der Waals surface area contributed by atoms with E-state index in [1.54, 1.807) is 0 Å². The molecule has 0 aliphatic heterocycles. The molecule has 0 spiro atoms. The van der Waals surface area contributed by atoms with Gasteiger partial charge in [-0.2, -0.15) is 0 Å². The Morgan fingerprint density at radius 2 is 1.54 bits per heavy atom. The monoisotopic (exact) mass is 447 g/mol. The fourth-order valence-corrected chi connectivity index (χ4v) is 6.47. The van der Waals surface area contributed by atoms with Crippen LogP contribution in [0.3, 0.4) is 0 Å². The molecular formula is C20H25N3OS3Si. The van der Waals surface area contributed by atoms with Gasteiger partial charge in [0.25, 0.3) is 0 Å². The SMILES string of the molecule is CCc1ccc(C2CCC(OCCC[Si](N=C=S)(N=C=S)N=C=S)CC2)cc1. The molecule has 1 aromatic carbocycles. The van der Waals surface area contributed by atoms with Gasteiger partial charge in [-0.15, -0.1) is 0 Å². The summed E-state index contributed by atoms with van der Waals surface area (Å²) in [6.45, 7) is 2.83. The average molecular weight is 448 g/mol. The molecule has 8 heteroatoms. The molecule has 0 unspecified atom stereocenters. The quantitative estimate of drug-likeness (QED) is 0.193. The maximum absolute atomic E-state index is 6.09. The highest BCUT2D eigenvalue weighted by Gasteiger charge is 2.34. The molecule has 0 bridgehead atoms. The van der Waals surface area contributed by atoms with Crippen LogP contribution in [0.2, 0.25) is 6.04 Å². The highest BCUT2D eigenvalue weighted by atomic mass is 32.1. The van der Waals surface area contributed by atoms with Crippen molar-refractivity contribution in [2.75, 3.05) is 6.61 Å². The molecular weight excluding hydrogens is 423 g/mol. The van der Waals surface area contributed by atoms with E-state index < -0.39 is 8.56 Å². The van der Waals surface area contributed by atoms with Crippen molar-refractivity contribution >= 4 is 60.7 Å². The fraction of sp³-hybridized carbons (Fsp3) is 0.550. The third-order valence-corrected chi connectivity index (χ3v) is 8.41. The summed E-state index contributed by atoms with van der Waals surface area (Å²) in [5.74, 6) is 0.650. The molecule has 0 atom stereocenters. The van der Waals surface area contributed by atoms with Crippen molar-refractivity contribution in [2.45, 2.75) is 63.5 Å². The van der Waals surface area contributed by atoms with Gasteiger partial charge in [0.05, 0.1) is 21.6 Å². The maximum atomic E-state index is 6.09. The molecule has 0 aromatic heterocycles. The van der Waals surface area contributed by atoms with Gasteiger partial charge in [0.15, 0.2) is 0 Å². The van der Waals surface area contributed by atoms with Crippen LogP contribution in [0.5, 0.6) is 0 Å². The van der Waals surface area contributed by atoms with E-state index in [4.69, 9.17) is 41.4 Å². The molecule has 148 valence electrons. The zero-order chi connectivity index (χ0) is 20.2. The summed E-state index contributed by atoms with van der Waals surface area (Å²) >= 11 is 14.2. The van der Waals surface area contributed by atoms with Crippen LogP contribution in [0.15, 0.2) is 38.2 Å². The van der Waals surface area contributed by atoms with Gasteiger partial charge in [0.2, 0.25) is 0 Å². The molecule has 1 saturated carbocycles. The molecule has 1 aromatic rings. The van der Waals surface area contributed by atoms with Crippen LogP contribution in [0.25, 0.3) is 0 Å². The van der Waals surface area contributed by atoms with E-state index in [1.165, 1.54) is 24.0 Å². The van der Waals surface area contributed by atoms with Crippen LogP contribution in [0.4, 0.5) is 0 Å². The average Bonchev–Trinajstić information content (AvgIpc) is 2.72. The molecule has 1 fully saturated rings. The minimum Gasteiger partial charge on any atom is -0.378 e. The van der Waals surface area contributed by atoms with Crippen LogP contribution < -0.4 is 0 Å². The van der Waals surface area contributed by atoms with Gasteiger partial charge >= 0.3 is 8.56 Å². The summed E-state index contributed by atoms with van der Waals surface area (Å²) in [6, 6.07) is 9.70. The van der Waals surface area contributed by atoms with Crippen molar-refractivity contribution in [1.29, 1.82) is 0 Å². The van der Waals surface area contributed by atoms with E-state index in [0.717, 1.165) is 25.7 Å². The summed E-state index contributed by atoms with van der Waals surface area (Å²) in [7, 11) is -2.80. The van der Waals surface area contributed by atoms with Crippen LogP contribution in [-0.2, 0) is 11.2 Å². The van der Waals surface area contributed by atoms with E-state index in [1.807, 2.05) is 0 Å². The normalized spacial score (nSPS) is 20.8. The zero-order valence-corrected chi connectivity index (χ0v) is 19.5. The molecule has 2 rings (SSSR count). The lowest BCUT2D eigenvalue weighted by atomic mass is 9.82. The summed E-state index contributed by atoms with van der Waals surface area (Å²) in [5.41, 5.74) is 2.86. The topological polar surface area (TPSA) is 46.3 Å². The third-order valence-electron chi connectivity index (χ3n) is 5.22. The summed E-state index contributed by atoms with van der Waals surface area (Å²) in [5, 5.41) is 7.10. The van der Waals surface area contributed by atoms with Gasteiger partial charge in [-0.25, -0.2) is 14.0 Å². The number of isothiocyanates is 3. The van der Waals surface area contributed by atoms with Crippen molar-refractivity contribution in [1.82, 2.24) is 0 Å². The first-order valence-corrected chi connectivity index (χ1v) is 12.9. The second-order valence-electron chi connectivity index (χ2n) is 6.93. The minimum atomic E-state index is -2.80. The Bertz CT molecular complexity index is 729. The Morgan fingerprint density at radius 1 is 0.964 bits per heavy atom. The first kappa shape index (κ1) is 23.1. The second-order valence-corrected chi connectivity index (χ2v) is 10.2. The summed E-state index contributed by atoms with van der Waals surface area (Å²) < 4.78 is 18.5. The van der Waals surface area contributed by atoms with Gasteiger partial charge in [0, 0.05) is 12.7 Å². The number of rotatable bonds is 10. The van der Waals surface area contributed by atoms with Gasteiger partial charge in [-0.3, -0.25) is 0 Å². The lowest BCUT2D eigenvalue weighted by Crippen LogP contribution is -2.28. The molecule has 0 saturated heterocycles. The van der Waals surface area contributed by atoms with Gasteiger partial charge in [0.1, 0.15) is 0 Å². The molecule has 0 N–H and O–H groups in total. The molecule has 1 aliphatic carbocycles. The van der Waals surface area contributed by atoms with Crippen molar-refractivity contribution in [2.24, 2.45) is 14.0 Å². The second kappa shape index (κ2) is 12.4. The highest BCUT2D eigenvalue weighted by molar-refractivity contribution is 7.78. The standard InChI is InChI=1S/C20H25N3OS3Si/c1-2-17-4-6-18(7-5-17)19-8-10-20(11-9-19)24-12-3-13-28(21-14-25,22-15-26)23-16-27/h4-7,19-20H,2-3,8-13H2,1H3. The third kappa shape index (κ3) is 7.00. The largest absolute Gasteiger partial charge is 0.461 e. The smallest absolute Gasteiger partial charge is 0.378 e. The number of thiocarbonyl (C=S) groups is 3. The zero-order valence-electron chi connectivity index (χ0n) is 16.1. The summed E-state index contributed by atoms with van der Waals surface area (Å²) in [4.78, 5) is 0. The van der Waals surface area contributed by atoms with E-state index in [-0.39, 0.29) is 0 Å². The minimum absolute atomic E-state index is 0.319. The summed E-state index contributed by atoms with van der Waals surface area (Å²) in [6.07, 6.45) is 6.72. The van der Waals surface area contributed by atoms with Gasteiger partial charge < -0.3 is 4.74 Å². The number of nitrogens with zero attached hydrogens (tertiary/aromatic N) is 3. The van der Waals surface area contributed by atoms with Crippen LogP contribution >= 0.6 is 36.7 Å². The Labute approximate surface area is 184 Å². The maximum Gasteiger partial charge on any atom is 0.461 e. The van der Waals surface area contributed by atoms with Crippen LogP contribution in [0, 0.1) is 0 Å². The van der Waals surface area contributed by atoms with E-state index >= 15 is 0 Å². The lowest BCUT2D eigenvalue weighted by Gasteiger charge is -2.29. The highest BCUT2D eigenvalue weighted by Crippen LogP contribution is 2.34. The van der Waals surface area contributed by atoms with Crippen LogP contribution in [-0.4, -0.2) is 36.8 Å². The Balaban J connectivity index is 1.78. The van der Waals surface area contributed by atoms with Gasteiger partial charge in [-0.1, -0.05) is 31.2 Å². The number of benzene rings is 1. The van der Waals surface area contributed by atoms with E-state index in [2.05, 4.69) is 60.6 Å². The van der Waals surface area contributed by atoms with Crippen molar-refractivity contribution in [3.63, 3.8) is 0 Å². The molecule has 4 nitrogen and oxygen atoms in total. The number of hydrogen-bond donors (Lipinski definition) is 0. The number of ether oxygens (including phenoxy) is 1. The Kier molecular flexibility index (Phi) is 10.2. The predicted molar refractivity (Wildman–Crippen MR) is 127 cm³/mol. The first-order valence-electron chi connectivity index (χ1n) is 9.64. The Hall–Kier alpha value is -1.20. The fourth-order valence-electron chi connectivity index (χ4n) is 3.61. The first-order chi connectivity index (χ1) is 13.7. The van der Waals surface area contributed by atoms with Crippen molar-refractivity contribution in [3.05, 3.63) is 35.4 Å². The van der Waals surface area contributed by atoms with Gasteiger partial charge in [-0.05, 0) is 92.2 Å². The number of aryl methyl sites for hydroxylation is 1. The van der Waals surface area contributed by atoms with E-state index in [0.29, 0.717) is 24.7 Å². The van der Waals surface area contributed by atoms with Crippen LogP contribution in [0.1, 0.15) is 56.1 Å². The molecule has 0 radical (unpaired) electrons. The molecule has 0 amide bonds. The molecule has 1 aliphatic rings. The van der Waals surface area contributed by atoms with Crippen molar-refractivity contribution in [3.8, 4) is 0 Å². The van der Waals surface area contributed by atoms with E-state index in [9.17, 15) is 0 Å². The molecule has 28 heavy (non-hydrogen) atoms. The Morgan fingerprint density at radius 3 is 2.04 bits per heavy atom. The molecule has 0 heterocycles. The lowest BCUT2D eigenvalue weighted by molar-refractivity contribution is 0.0250. The van der Waals surface area contributed by atoms with Crippen molar-refractivity contribution < 1.29 is 4.74 Å².